The fourth-order valence-corrected chi connectivity index (χ4v) is 4.90. The van der Waals surface area contributed by atoms with Crippen molar-refractivity contribution in [3.8, 4) is 0 Å². The third-order valence-electron chi connectivity index (χ3n) is 1.52. The van der Waals surface area contributed by atoms with Gasteiger partial charge in [0.05, 0.1) is 0 Å². The standard InChI is InChI=1S/C7H7.C2H4O2.Hg/c1-7-5-3-2-4-6-7;1-2(3)4;/h2-3,5-6H,1H3;1H3,(H,3,4);/q;;+1/p-1. The molecule has 1 aromatic carbocycles. The predicted octanol–water partition coefficient (Wildman–Crippen LogP) is 1.18. The molecule has 0 heterocycles. The van der Waals surface area contributed by atoms with Gasteiger partial charge < -0.3 is 0 Å². The van der Waals surface area contributed by atoms with Crippen molar-refractivity contribution in [2.24, 2.45) is 0 Å². The number of benzene rings is 1. The maximum absolute atomic E-state index is 10.5. The van der Waals surface area contributed by atoms with Crippen LogP contribution in [-0.2, 0) is 32.5 Å². The zero-order chi connectivity index (χ0) is 8.97. The van der Waals surface area contributed by atoms with Gasteiger partial charge in [-0.25, -0.2) is 0 Å². The SMILES string of the molecule is CC(=O)[O][Hg][c]1cccc(C)c1. The molecule has 0 amide bonds. The quantitative estimate of drug-likeness (QED) is 0.749. The first-order chi connectivity index (χ1) is 5.68. The molecule has 60 valence electrons. The zero-order valence-corrected chi connectivity index (χ0v) is 12.8. The summed E-state index contributed by atoms with van der Waals surface area (Å²) in [5, 5.41) is 0. The number of hydrogen-bond donors (Lipinski definition) is 0. The molecule has 0 fully saturated rings. The Morgan fingerprint density at radius 1 is 1.50 bits per heavy atom. The van der Waals surface area contributed by atoms with Gasteiger partial charge in [-0.3, -0.25) is 0 Å². The van der Waals surface area contributed by atoms with Gasteiger partial charge in [0.15, 0.2) is 0 Å². The van der Waals surface area contributed by atoms with Gasteiger partial charge in [0.2, 0.25) is 0 Å². The van der Waals surface area contributed by atoms with Crippen LogP contribution in [-0.4, -0.2) is 5.97 Å². The maximum atomic E-state index is 10.5. The average molecular weight is 351 g/mol. The van der Waals surface area contributed by atoms with Gasteiger partial charge in [-0.05, 0) is 0 Å². The molecule has 0 saturated heterocycles. The molecule has 0 saturated carbocycles. The number of carbonyl (C=O) groups excluding carboxylic acids is 1. The zero-order valence-electron chi connectivity index (χ0n) is 7.33. The molecule has 1 aromatic rings. The van der Waals surface area contributed by atoms with Crippen molar-refractivity contribution in [3.63, 3.8) is 0 Å². The average Bonchev–Trinajstić information content (AvgIpc) is 2.01. The first kappa shape index (κ1) is 9.71. The van der Waals surface area contributed by atoms with Crippen LogP contribution in [0.1, 0.15) is 12.5 Å². The second-order valence-electron chi connectivity index (χ2n) is 2.77. The summed E-state index contributed by atoms with van der Waals surface area (Å²) in [6.45, 7) is 3.51. The topological polar surface area (TPSA) is 26.3 Å². The molecule has 1 rings (SSSR count). The molecule has 0 N–H and O–H groups in total. The van der Waals surface area contributed by atoms with Crippen LogP contribution in [0.3, 0.4) is 0 Å². The van der Waals surface area contributed by atoms with E-state index in [1.807, 2.05) is 25.1 Å². The summed E-state index contributed by atoms with van der Waals surface area (Å²) in [5.41, 5.74) is 1.24. The molecular weight excluding hydrogens is 341 g/mol. The van der Waals surface area contributed by atoms with Gasteiger partial charge in [0.25, 0.3) is 0 Å². The Morgan fingerprint density at radius 2 is 2.25 bits per heavy atom. The number of aryl methyl sites for hydroxylation is 1. The first-order valence-electron chi connectivity index (χ1n) is 3.87. The minimum absolute atomic E-state index is 0.141. The van der Waals surface area contributed by atoms with Crippen LogP contribution in [0.5, 0.6) is 0 Å². The van der Waals surface area contributed by atoms with Crippen molar-refractivity contribution in [3.05, 3.63) is 29.8 Å². The molecule has 12 heavy (non-hydrogen) atoms. The van der Waals surface area contributed by atoms with Gasteiger partial charge in [-0.1, -0.05) is 0 Å². The molecule has 0 aliphatic carbocycles. The van der Waals surface area contributed by atoms with Gasteiger partial charge in [0, 0.05) is 0 Å². The van der Waals surface area contributed by atoms with E-state index in [4.69, 9.17) is 2.64 Å². The van der Waals surface area contributed by atoms with E-state index in [2.05, 4.69) is 6.07 Å². The molecule has 0 aliphatic rings. The monoisotopic (exact) mass is 352 g/mol. The number of carbonyl (C=O) groups is 1. The molecule has 0 spiro atoms. The van der Waals surface area contributed by atoms with Crippen molar-refractivity contribution in [1.82, 2.24) is 0 Å². The second kappa shape index (κ2) is 4.60. The summed E-state index contributed by atoms with van der Waals surface area (Å²) in [5.74, 6) is -0.141. The van der Waals surface area contributed by atoms with Crippen LogP contribution >= 0.6 is 0 Å². The molecule has 0 atom stereocenters. The van der Waals surface area contributed by atoms with Gasteiger partial charge in [-0.15, -0.1) is 0 Å². The Morgan fingerprint density at radius 3 is 2.83 bits per heavy atom. The van der Waals surface area contributed by atoms with Gasteiger partial charge in [0.1, 0.15) is 0 Å². The summed E-state index contributed by atoms with van der Waals surface area (Å²) in [4.78, 5) is 10.5. The predicted molar refractivity (Wildman–Crippen MR) is 42.6 cm³/mol. The van der Waals surface area contributed by atoms with E-state index >= 15 is 0 Å². The van der Waals surface area contributed by atoms with E-state index in [1.54, 1.807) is 0 Å². The van der Waals surface area contributed by atoms with Crippen molar-refractivity contribution < 1.29 is 32.5 Å². The molecular formula is C9H10HgO2. The van der Waals surface area contributed by atoms with Gasteiger partial charge >= 0.3 is 85.2 Å². The van der Waals surface area contributed by atoms with Crippen LogP contribution in [0.2, 0.25) is 0 Å². The summed E-state index contributed by atoms with van der Waals surface area (Å²) in [6, 6.07) is 8.20. The molecule has 0 aromatic heterocycles. The molecule has 0 aliphatic heterocycles. The Labute approximate surface area is 85.0 Å². The molecule has 3 heteroatoms. The van der Waals surface area contributed by atoms with Crippen LogP contribution in [0.15, 0.2) is 24.3 Å². The molecule has 0 radical (unpaired) electrons. The van der Waals surface area contributed by atoms with Crippen molar-refractivity contribution in [1.29, 1.82) is 0 Å². The van der Waals surface area contributed by atoms with E-state index < -0.39 is 25.0 Å². The number of hydrogen-bond acceptors (Lipinski definition) is 2. The summed E-state index contributed by atoms with van der Waals surface area (Å²) in [7, 11) is 0. The van der Waals surface area contributed by atoms with Crippen molar-refractivity contribution in [2.75, 3.05) is 0 Å². The third kappa shape index (κ3) is 3.35. The fraction of sp³-hybridized carbons (Fsp3) is 0.222. The van der Waals surface area contributed by atoms with E-state index in [0.717, 1.165) is 0 Å². The second-order valence-corrected chi connectivity index (χ2v) is 8.19. The van der Waals surface area contributed by atoms with E-state index in [9.17, 15) is 4.79 Å². The van der Waals surface area contributed by atoms with E-state index in [1.165, 1.54) is 15.6 Å². The summed E-state index contributed by atoms with van der Waals surface area (Å²) in [6.07, 6.45) is 0. The van der Waals surface area contributed by atoms with E-state index in [0.29, 0.717) is 0 Å². The van der Waals surface area contributed by atoms with Crippen LogP contribution in [0.4, 0.5) is 0 Å². The molecule has 0 bridgehead atoms. The van der Waals surface area contributed by atoms with Crippen LogP contribution in [0, 0.1) is 6.92 Å². The first-order valence-corrected chi connectivity index (χ1v) is 8.87. The Bertz CT molecular complexity index is 284. The van der Waals surface area contributed by atoms with Crippen LogP contribution in [0.25, 0.3) is 0 Å². The summed E-state index contributed by atoms with van der Waals surface area (Å²) >= 11 is -1.55. The van der Waals surface area contributed by atoms with Gasteiger partial charge in [-0.2, -0.15) is 0 Å². The minimum atomic E-state index is -1.55. The van der Waals surface area contributed by atoms with E-state index in [-0.39, 0.29) is 5.97 Å². The number of rotatable bonds is 2. The van der Waals surface area contributed by atoms with Crippen LogP contribution < -0.4 is 3.07 Å². The fourth-order valence-electron chi connectivity index (χ4n) is 0.987. The summed E-state index contributed by atoms with van der Waals surface area (Å²) < 4.78 is 6.32. The Balaban J connectivity index is 2.57. The normalized spacial score (nSPS) is 8.83. The third-order valence-corrected chi connectivity index (χ3v) is 6.67. The van der Waals surface area contributed by atoms with Crippen molar-refractivity contribution >= 4 is 9.04 Å². The Hall–Kier alpha value is -0.375. The molecule has 2 nitrogen and oxygen atoms in total. The Kier molecular flexibility index (Phi) is 3.72. The van der Waals surface area contributed by atoms with Crippen molar-refractivity contribution in [2.45, 2.75) is 13.8 Å². The molecule has 0 unspecified atom stereocenters.